The van der Waals surface area contributed by atoms with Crippen LogP contribution in [0, 0.1) is 0 Å². The Morgan fingerprint density at radius 3 is 1.29 bits per heavy atom. The molecule has 41 valence electrons. The van der Waals surface area contributed by atoms with Crippen LogP contribution >= 0.6 is 0 Å². The molecule has 7 heteroatoms. The zero-order valence-corrected chi connectivity index (χ0v) is 5.49. The van der Waals surface area contributed by atoms with E-state index in [9.17, 15) is 0 Å². The SMILES string of the molecule is O=S(=O)(O)O.[H-].[Li+].[Mn]. The van der Waals surface area contributed by atoms with E-state index in [1.807, 2.05) is 0 Å². The van der Waals surface area contributed by atoms with Crippen LogP contribution in [0.3, 0.4) is 0 Å². The molecule has 0 aliphatic rings. The van der Waals surface area contributed by atoms with Crippen LogP contribution in [0.5, 0.6) is 0 Å². The van der Waals surface area contributed by atoms with E-state index in [4.69, 9.17) is 17.5 Å². The summed E-state index contributed by atoms with van der Waals surface area (Å²) in [6, 6.07) is 0. The summed E-state index contributed by atoms with van der Waals surface area (Å²) in [6.07, 6.45) is 0. The maximum absolute atomic E-state index is 8.74. The predicted molar refractivity (Wildman–Crippen MR) is 15.3 cm³/mol. The fraction of sp³-hybridized carbons (Fsp3) is 0. The molecule has 0 saturated carbocycles. The van der Waals surface area contributed by atoms with E-state index in [1.54, 1.807) is 0 Å². The summed E-state index contributed by atoms with van der Waals surface area (Å²) in [6.45, 7) is 0. The molecule has 7 heavy (non-hydrogen) atoms. The van der Waals surface area contributed by atoms with Crippen molar-refractivity contribution in [2.24, 2.45) is 0 Å². The summed E-state index contributed by atoms with van der Waals surface area (Å²) >= 11 is 0. The standard InChI is InChI=1S/Li.Mn.H2O4S.H/c;;1-5(2,3)4;/h;;(H2,1,2,3,4);/q+1;;;-1. The van der Waals surface area contributed by atoms with Crippen molar-refractivity contribution in [1.82, 2.24) is 0 Å². The van der Waals surface area contributed by atoms with Crippen LogP contribution in [0.1, 0.15) is 1.43 Å². The van der Waals surface area contributed by atoms with Gasteiger partial charge in [-0.1, -0.05) is 0 Å². The van der Waals surface area contributed by atoms with Crippen molar-refractivity contribution in [2.45, 2.75) is 0 Å². The van der Waals surface area contributed by atoms with E-state index in [0.29, 0.717) is 0 Å². The number of hydrogen-bond acceptors (Lipinski definition) is 2. The van der Waals surface area contributed by atoms with Crippen LogP contribution < -0.4 is 18.9 Å². The van der Waals surface area contributed by atoms with Crippen molar-refractivity contribution in [3.63, 3.8) is 0 Å². The van der Waals surface area contributed by atoms with Crippen molar-refractivity contribution in [1.29, 1.82) is 0 Å². The quantitative estimate of drug-likeness (QED) is 0.285. The fourth-order valence-electron chi connectivity index (χ4n) is 0. The first-order valence-corrected chi connectivity index (χ1v) is 2.10. The summed E-state index contributed by atoms with van der Waals surface area (Å²) in [4.78, 5) is 0. The van der Waals surface area contributed by atoms with Crippen LogP contribution in [0.4, 0.5) is 0 Å². The van der Waals surface area contributed by atoms with Gasteiger partial charge in [0.15, 0.2) is 0 Å². The van der Waals surface area contributed by atoms with Gasteiger partial charge in [0.1, 0.15) is 0 Å². The van der Waals surface area contributed by atoms with E-state index in [2.05, 4.69) is 0 Å². The van der Waals surface area contributed by atoms with E-state index in [0.717, 1.165) is 0 Å². The zero-order valence-electron chi connectivity index (χ0n) is 4.50. The van der Waals surface area contributed by atoms with Crippen LogP contribution in [0.15, 0.2) is 0 Å². The molecule has 0 aromatic carbocycles. The van der Waals surface area contributed by atoms with Crippen LogP contribution in [0.2, 0.25) is 0 Å². The van der Waals surface area contributed by atoms with E-state index < -0.39 is 10.4 Å². The van der Waals surface area contributed by atoms with E-state index in [1.165, 1.54) is 0 Å². The van der Waals surface area contributed by atoms with Crippen molar-refractivity contribution >= 4 is 10.4 Å². The summed E-state index contributed by atoms with van der Waals surface area (Å²) in [5.74, 6) is 0. The molecule has 0 amide bonds. The van der Waals surface area contributed by atoms with Gasteiger partial charge in [-0.2, -0.15) is 8.42 Å². The molecule has 0 saturated heterocycles. The largest absolute Gasteiger partial charge is 1.00 e. The maximum Gasteiger partial charge on any atom is 1.00 e. The van der Waals surface area contributed by atoms with Crippen molar-refractivity contribution in [3.8, 4) is 0 Å². The molecular weight excluding hydrogens is 158 g/mol. The maximum atomic E-state index is 8.74. The molecule has 0 heterocycles. The first kappa shape index (κ1) is 15.7. The topological polar surface area (TPSA) is 74.6 Å². The average Bonchev–Trinajstić information content (AvgIpc) is 0.722. The van der Waals surface area contributed by atoms with Crippen molar-refractivity contribution < 1.29 is 54.9 Å². The molecule has 0 bridgehead atoms. The zero-order chi connectivity index (χ0) is 4.50. The average molecular weight is 161 g/mol. The Morgan fingerprint density at radius 1 is 1.29 bits per heavy atom. The predicted octanol–water partition coefficient (Wildman–Crippen LogP) is -3.54. The Bertz CT molecular complexity index is 99.2. The summed E-state index contributed by atoms with van der Waals surface area (Å²) in [5, 5.41) is 0. The molecule has 0 aromatic rings. The monoisotopic (exact) mass is 161 g/mol. The molecule has 0 aliphatic carbocycles. The Hall–Kier alpha value is 0.987. The second kappa shape index (κ2) is 5.13. The molecule has 0 fully saturated rings. The molecule has 1 radical (unpaired) electrons. The summed E-state index contributed by atoms with van der Waals surface area (Å²) in [5.41, 5.74) is 0. The molecule has 0 spiro atoms. The van der Waals surface area contributed by atoms with Gasteiger partial charge in [0.25, 0.3) is 0 Å². The van der Waals surface area contributed by atoms with E-state index >= 15 is 0 Å². The smallest absolute Gasteiger partial charge is 1.00 e. The Labute approximate surface area is 65.4 Å². The van der Waals surface area contributed by atoms with Gasteiger partial charge in [-0.3, -0.25) is 9.11 Å². The Kier molecular flexibility index (Phi) is 11.5. The number of hydrogen-bond donors (Lipinski definition) is 2. The van der Waals surface area contributed by atoms with E-state index in [-0.39, 0.29) is 37.4 Å². The first-order valence-electron chi connectivity index (χ1n) is 0.698. The summed E-state index contributed by atoms with van der Waals surface area (Å²) in [7, 11) is -4.67. The van der Waals surface area contributed by atoms with Gasteiger partial charge in [-0.05, 0) is 0 Å². The molecule has 4 nitrogen and oxygen atoms in total. The summed E-state index contributed by atoms with van der Waals surface area (Å²) < 4.78 is 31.6. The van der Waals surface area contributed by atoms with Gasteiger partial charge in [-0.25, -0.2) is 0 Å². The third kappa shape index (κ3) is 178. The minimum atomic E-state index is -4.67. The minimum absolute atomic E-state index is 0. The minimum Gasteiger partial charge on any atom is -1.00 e. The second-order valence-corrected chi connectivity index (χ2v) is 1.34. The van der Waals surface area contributed by atoms with Crippen LogP contribution in [-0.2, 0) is 27.5 Å². The van der Waals surface area contributed by atoms with Crippen molar-refractivity contribution in [2.75, 3.05) is 0 Å². The van der Waals surface area contributed by atoms with Gasteiger partial charge in [0, 0.05) is 17.1 Å². The molecular formula is H3LiMnO4S. The third-order valence-electron chi connectivity index (χ3n) is 0. The van der Waals surface area contributed by atoms with Gasteiger partial charge in [0.05, 0.1) is 0 Å². The van der Waals surface area contributed by atoms with Crippen molar-refractivity contribution in [3.05, 3.63) is 0 Å². The molecule has 0 rings (SSSR count). The van der Waals surface area contributed by atoms with Crippen LogP contribution in [-0.4, -0.2) is 17.5 Å². The molecule has 2 N–H and O–H groups in total. The van der Waals surface area contributed by atoms with Crippen LogP contribution in [0.25, 0.3) is 0 Å². The third-order valence-corrected chi connectivity index (χ3v) is 0. The molecule has 0 atom stereocenters. The normalized spacial score (nSPS) is 8.29. The Morgan fingerprint density at radius 2 is 1.29 bits per heavy atom. The van der Waals surface area contributed by atoms with Gasteiger partial charge >= 0.3 is 29.3 Å². The second-order valence-electron chi connectivity index (χ2n) is 0.448. The first-order chi connectivity index (χ1) is 2.00. The molecule has 0 unspecified atom stereocenters. The van der Waals surface area contributed by atoms with Gasteiger partial charge in [0.2, 0.25) is 0 Å². The Balaban J connectivity index is -0.0000000267. The fourth-order valence-corrected chi connectivity index (χ4v) is 0. The van der Waals surface area contributed by atoms with Gasteiger partial charge in [-0.15, -0.1) is 0 Å². The van der Waals surface area contributed by atoms with Gasteiger partial charge < -0.3 is 1.43 Å². The number of rotatable bonds is 0. The molecule has 0 aliphatic heterocycles. The molecule has 0 aromatic heterocycles.